The molecule has 1 aliphatic rings. The molecule has 1 saturated heterocycles. The summed E-state index contributed by atoms with van der Waals surface area (Å²) in [7, 11) is -2.02. The van der Waals surface area contributed by atoms with Crippen LogP contribution in [0.25, 0.3) is 0 Å². The maximum absolute atomic E-state index is 12.4. The Hall–Kier alpha value is -0.630. The Kier molecular flexibility index (Phi) is 5.65. The molecule has 120 valence electrons. The zero-order valence-electron chi connectivity index (χ0n) is 12.8. The van der Waals surface area contributed by atoms with Gasteiger partial charge in [-0.1, -0.05) is 6.92 Å². The third kappa shape index (κ3) is 4.42. The highest BCUT2D eigenvalue weighted by atomic mass is 32.2. The molecule has 2 heterocycles. The van der Waals surface area contributed by atoms with Crippen LogP contribution in [0.4, 0.5) is 0 Å². The summed E-state index contributed by atoms with van der Waals surface area (Å²) in [5.41, 5.74) is 0. The quantitative estimate of drug-likeness (QED) is 0.867. The molecule has 2 unspecified atom stereocenters. The van der Waals surface area contributed by atoms with E-state index in [1.807, 2.05) is 6.92 Å². The summed E-state index contributed by atoms with van der Waals surface area (Å²) in [6.45, 7) is 7.01. The molecule has 0 radical (unpaired) electrons. The number of likely N-dealkylation sites (tertiary alicyclic amines) is 1. The van der Waals surface area contributed by atoms with Crippen LogP contribution in [0.3, 0.4) is 0 Å². The molecular formula is C14H24N2O3S2. The molecule has 21 heavy (non-hydrogen) atoms. The first kappa shape index (κ1) is 16.7. The van der Waals surface area contributed by atoms with E-state index in [2.05, 4.69) is 16.5 Å². The maximum atomic E-state index is 12.4. The van der Waals surface area contributed by atoms with Crippen molar-refractivity contribution >= 4 is 21.4 Å². The van der Waals surface area contributed by atoms with Crippen molar-refractivity contribution in [3.8, 4) is 5.75 Å². The molecule has 0 aromatic carbocycles. The number of nitrogens with zero attached hydrogens (tertiary/aromatic N) is 1. The van der Waals surface area contributed by atoms with Gasteiger partial charge < -0.3 is 9.64 Å². The summed E-state index contributed by atoms with van der Waals surface area (Å²) < 4.78 is 32.9. The van der Waals surface area contributed by atoms with E-state index in [9.17, 15) is 8.42 Å². The van der Waals surface area contributed by atoms with Gasteiger partial charge in [-0.05, 0) is 43.7 Å². The number of hydrogen-bond acceptors (Lipinski definition) is 5. The van der Waals surface area contributed by atoms with Gasteiger partial charge in [0.05, 0.1) is 7.11 Å². The Morgan fingerprint density at radius 1 is 1.57 bits per heavy atom. The molecule has 7 heteroatoms. The monoisotopic (exact) mass is 332 g/mol. The highest BCUT2D eigenvalue weighted by Crippen LogP contribution is 2.29. The molecule has 0 amide bonds. The first-order chi connectivity index (χ1) is 9.92. The summed E-state index contributed by atoms with van der Waals surface area (Å²) in [4.78, 5) is 2.34. The van der Waals surface area contributed by atoms with E-state index in [1.54, 1.807) is 11.4 Å². The van der Waals surface area contributed by atoms with E-state index in [0.717, 1.165) is 19.6 Å². The number of hydrogen-bond donors (Lipinski definition) is 1. The summed E-state index contributed by atoms with van der Waals surface area (Å²) >= 11 is 1.18. The molecule has 1 aromatic heterocycles. The SMILES string of the molecule is COc1ccsc1S(=O)(=O)NC(C)CN1CCCC(C)C1. The fourth-order valence-electron chi connectivity index (χ4n) is 2.83. The Bertz CT molecular complexity index is 556. The van der Waals surface area contributed by atoms with Crippen LogP contribution in [-0.2, 0) is 10.0 Å². The third-order valence-corrected chi connectivity index (χ3v) is 6.73. The van der Waals surface area contributed by atoms with Crippen molar-refractivity contribution < 1.29 is 13.2 Å². The fraction of sp³-hybridized carbons (Fsp3) is 0.714. The molecule has 2 rings (SSSR count). The fourth-order valence-corrected chi connectivity index (χ4v) is 5.35. The van der Waals surface area contributed by atoms with E-state index in [1.165, 1.54) is 31.3 Å². The Labute approximate surface area is 131 Å². The van der Waals surface area contributed by atoms with Gasteiger partial charge in [-0.3, -0.25) is 0 Å². The van der Waals surface area contributed by atoms with Crippen molar-refractivity contribution in [1.82, 2.24) is 9.62 Å². The molecule has 5 nitrogen and oxygen atoms in total. The lowest BCUT2D eigenvalue weighted by atomic mass is 10.00. The number of methoxy groups -OCH3 is 1. The maximum Gasteiger partial charge on any atom is 0.254 e. The molecule has 0 aliphatic carbocycles. The van der Waals surface area contributed by atoms with Gasteiger partial charge in [0.1, 0.15) is 5.75 Å². The van der Waals surface area contributed by atoms with Gasteiger partial charge >= 0.3 is 0 Å². The molecule has 0 spiro atoms. The molecule has 1 aromatic rings. The highest BCUT2D eigenvalue weighted by Gasteiger charge is 2.25. The van der Waals surface area contributed by atoms with Crippen LogP contribution in [0, 0.1) is 5.92 Å². The van der Waals surface area contributed by atoms with Gasteiger partial charge in [-0.2, -0.15) is 0 Å². The molecule has 0 saturated carbocycles. The van der Waals surface area contributed by atoms with E-state index >= 15 is 0 Å². The van der Waals surface area contributed by atoms with Crippen molar-refractivity contribution in [1.29, 1.82) is 0 Å². The van der Waals surface area contributed by atoms with E-state index in [-0.39, 0.29) is 10.3 Å². The van der Waals surface area contributed by atoms with E-state index in [4.69, 9.17) is 4.74 Å². The number of rotatable bonds is 6. The first-order valence-corrected chi connectivity index (χ1v) is 9.65. The van der Waals surface area contributed by atoms with Gasteiger partial charge in [0.2, 0.25) is 0 Å². The predicted octanol–water partition coefficient (Wildman–Crippen LogP) is 2.16. The second-order valence-electron chi connectivity index (χ2n) is 5.81. The molecule has 2 atom stereocenters. The zero-order chi connectivity index (χ0) is 15.5. The second-order valence-corrected chi connectivity index (χ2v) is 8.63. The van der Waals surface area contributed by atoms with Crippen molar-refractivity contribution in [2.24, 2.45) is 5.92 Å². The lowest BCUT2D eigenvalue weighted by Gasteiger charge is -2.32. The molecule has 1 fully saturated rings. The topological polar surface area (TPSA) is 58.6 Å². The minimum absolute atomic E-state index is 0.118. The second kappa shape index (κ2) is 7.09. The standard InChI is InChI=1S/C14H24N2O3S2/c1-11-5-4-7-16(9-11)10-12(2)15-21(17,18)14-13(19-3)6-8-20-14/h6,8,11-12,15H,4-5,7,9-10H2,1-3H3. The number of sulfonamides is 1. The van der Waals surface area contributed by atoms with Crippen LogP contribution >= 0.6 is 11.3 Å². The third-order valence-electron chi connectivity index (χ3n) is 3.69. The normalized spacial score (nSPS) is 22.1. The number of piperidine rings is 1. The van der Waals surface area contributed by atoms with Gasteiger partial charge in [0, 0.05) is 19.1 Å². The van der Waals surface area contributed by atoms with Crippen LogP contribution in [-0.4, -0.2) is 46.1 Å². The smallest absolute Gasteiger partial charge is 0.254 e. The van der Waals surface area contributed by atoms with Crippen molar-refractivity contribution in [2.75, 3.05) is 26.7 Å². The average molecular weight is 332 g/mol. The van der Waals surface area contributed by atoms with Gasteiger partial charge in [-0.15, -0.1) is 11.3 Å². The van der Waals surface area contributed by atoms with Gasteiger partial charge in [0.25, 0.3) is 10.0 Å². The number of thiophene rings is 1. The minimum Gasteiger partial charge on any atom is -0.494 e. The Morgan fingerprint density at radius 3 is 3.00 bits per heavy atom. The number of nitrogens with one attached hydrogen (secondary N) is 1. The van der Waals surface area contributed by atoms with E-state index < -0.39 is 10.0 Å². The summed E-state index contributed by atoms with van der Waals surface area (Å²) in [6, 6.07) is 1.56. The molecule has 1 N–H and O–H groups in total. The van der Waals surface area contributed by atoms with Gasteiger partial charge in [-0.25, -0.2) is 13.1 Å². The van der Waals surface area contributed by atoms with Crippen molar-refractivity contribution in [3.05, 3.63) is 11.4 Å². The average Bonchev–Trinajstić information content (AvgIpc) is 2.86. The molecule has 1 aliphatic heterocycles. The van der Waals surface area contributed by atoms with Gasteiger partial charge in [0.15, 0.2) is 4.21 Å². The summed E-state index contributed by atoms with van der Waals surface area (Å²) in [6.07, 6.45) is 2.46. The predicted molar refractivity (Wildman–Crippen MR) is 85.5 cm³/mol. The molecule has 0 bridgehead atoms. The van der Waals surface area contributed by atoms with E-state index in [0.29, 0.717) is 11.7 Å². The van der Waals surface area contributed by atoms with Crippen molar-refractivity contribution in [3.63, 3.8) is 0 Å². The zero-order valence-corrected chi connectivity index (χ0v) is 14.5. The van der Waals surface area contributed by atoms with Crippen LogP contribution in [0.1, 0.15) is 26.7 Å². The lowest BCUT2D eigenvalue weighted by molar-refractivity contribution is 0.174. The first-order valence-electron chi connectivity index (χ1n) is 7.28. The lowest BCUT2D eigenvalue weighted by Crippen LogP contribution is -2.45. The van der Waals surface area contributed by atoms with Crippen LogP contribution in [0.2, 0.25) is 0 Å². The Balaban J connectivity index is 1.96. The summed E-state index contributed by atoms with van der Waals surface area (Å²) in [5, 5.41) is 1.73. The summed E-state index contributed by atoms with van der Waals surface area (Å²) in [5.74, 6) is 1.10. The molecular weight excluding hydrogens is 308 g/mol. The van der Waals surface area contributed by atoms with Crippen LogP contribution in [0.5, 0.6) is 5.75 Å². The van der Waals surface area contributed by atoms with Crippen LogP contribution < -0.4 is 9.46 Å². The largest absolute Gasteiger partial charge is 0.494 e. The van der Waals surface area contributed by atoms with Crippen molar-refractivity contribution in [2.45, 2.75) is 36.9 Å². The highest BCUT2D eigenvalue weighted by molar-refractivity contribution is 7.91. The number of ether oxygens (including phenoxy) is 1. The Morgan fingerprint density at radius 2 is 2.33 bits per heavy atom. The minimum atomic E-state index is -3.51. The van der Waals surface area contributed by atoms with Crippen LogP contribution in [0.15, 0.2) is 15.7 Å².